The minimum atomic E-state index is -0.238. The predicted molar refractivity (Wildman–Crippen MR) is 78.1 cm³/mol. The highest BCUT2D eigenvalue weighted by Gasteiger charge is 2.23. The fraction of sp³-hybridized carbons (Fsp3) is 0.625. The number of aliphatic hydroxyl groups excluding tert-OH is 1. The molecule has 1 aliphatic rings. The minimum Gasteiger partial charge on any atom is -0.393 e. The van der Waals surface area contributed by atoms with Crippen LogP contribution in [0.3, 0.4) is 0 Å². The standard InChI is InChI=1S/C16H24N2O2/c19-15-9-2-1-6-13(15)12-18-16(20)10-5-8-14-7-3-4-11-17-14/h3-4,7,11,13,15,19H,1-2,5-6,8-10,12H2,(H,18,20)/t13-,15+/m0/s1. The van der Waals surface area contributed by atoms with E-state index in [1.54, 1.807) is 6.20 Å². The molecule has 4 heteroatoms. The topological polar surface area (TPSA) is 62.2 Å². The molecule has 2 atom stereocenters. The van der Waals surface area contributed by atoms with E-state index < -0.39 is 0 Å². The molecule has 0 bridgehead atoms. The van der Waals surface area contributed by atoms with Crippen molar-refractivity contribution in [2.24, 2.45) is 5.92 Å². The Labute approximate surface area is 120 Å². The maximum atomic E-state index is 11.8. The quantitative estimate of drug-likeness (QED) is 0.836. The fourth-order valence-electron chi connectivity index (χ4n) is 2.74. The number of aryl methyl sites for hydroxylation is 1. The Kier molecular flexibility index (Phi) is 5.99. The van der Waals surface area contributed by atoms with Gasteiger partial charge in [-0.3, -0.25) is 9.78 Å². The van der Waals surface area contributed by atoms with Crippen molar-refractivity contribution in [1.29, 1.82) is 0 Å². The number of hydrogen-bond donors (Lipinski definition) is 2. The number of carbonyl (C=O) groups excluding carboxylic acids is 1. The Morgan fingerprint density at radius 1 is 1.35 bits per heavy atom. The largest absolute Gasteiger partial charge is 0.393 e. The van der Waals surface area contributed by atoms with Crippen molar-refractivity contribution >= 4 is 5.91 Å². The molecule has 2 rings (SSSR count). The van der Waals surface area contributed by atoms with Crippen LogP contribution in [-0.2, 0) is 11.2 Å². The van der Waals surface area contributed by atoms with Gasteiger partial charge in [-0.05, 0) is 37.8 Å². The lowest BCUT2D eigenvalue weighted by Crippen LogP contribution is -2.36. The SMILES string of the molecule is O=C(CCCc1ccccn1)NC[C@@H]1CCCC[C@H]1O. The van der Waals surface area contributed by atoms with E-state index in [-0.39, 0.29) is 17.9 Å². The summed E-state index contributed by atoms with van der Waals surface area (Å²) in [5, 5.41) is 12.8. The molecule has 1 heterocycles. The van der Waals surface area contributed by atoms with Gasteiger partial charge in [-0.15, -0.1) is 0 Å². The second-order valence-electron chi connectivity index (χ2n) is 5.59. The Balaban J connectivity index is 1.60. The Morgan fingerprint density at radius 2 is 2.20 bits per heavy atom. The molecular formula is C16H24N2O2. The molecule has 0 aliphatic heterocycles. The van der Waals surface area contributed by atoms with Crippen LogP contribution in [-0.4, -0.2) is 28.6 Å². The van der Waals surface area contributed by atoms with Gasteiger partial charge < -0.3 is 10.4 Å². The molecule has 4 nitrogen and oxygen atoms in total. The number of rotatable bonds is 6. The summed E-state index contributed by atoms with van der Waals surface area (Å²) in [5.74, 6) is 0.321. The monoisotopic (exact) mass is 276 g/mol. The van der Waals surface area contributed by atoms with E-state index in [1.807, 2.05) is 18.2 Å². The number of aromatic nitrogens is 1. The lowest BCUT2D eigenvalue weighted by molar-refractivity contribution is -0.121. The molecule has 110 valence electrons. The zero-order valence-corrected chi connectivity index (χ0v) is 11.9. The maximum absolute atomic E-state index is 11.8. The molecular weight excluding hydrogens is 252 g/mol. The summed E-state index contributed by atoms with van der Waals surface area (Å²) in [5.41, 5.74) is 1.03. The fourth-order valence-corrected chi connectivity index (χ4v) is 2.74. The van der Waals surface area contributed by atoms with Crippen LogP contribution < -0.4 is 5.32 Å². The molecule has 2 N–H and O–H groups in total. The van der Waals surface area contributed by atoms with E-state index >= 15 is 0 Å². The van der Waals surface area contributed by atoms with Crippen molar-refractivity contribution < 1.29 is 9.90 Å². The number of carbonyl (C=O) groups is 1. The van der Waals surface area contributed by atoms with Gasteiger partial charge in [0.15, 0.2) is 0 Å². The highest BCUT2D eigenvalue weighted by molar-refractivity contribution is 5.75. The third-order valence-electron chi connectivity index (χ3n) is 3.99. The molecule has 1 amide bonds. The van der Waals surface area contributed by atoms with Crippen LogP contribution in [0.1, 0.15) is 44.2 Å². The summed E-state index contributed by atoms with van der Waals surface area (Å²) < 4.78 is 0. The zero-order valence-electron chi connectivity index (χ0n) is 11.9. The summed E-state index contributed by atoms with van der Waals surface area (Å²) in [6.45, 7) is 0.615. The zero-order chi connectivity index (χ0) is 14.2. The van der Waals surface area contributed by atoms with Crippen LogP contribution in [0.5, 0.6) is 0 Å². The van der Waals surface area contributed by atoms with Gasteiger partial charge >= 0.3 is 0 Å². The van der Waals surface area contributed by atoms with Crippen LogP contribution in [0.15, 0.2) is 24.4 Å². The summed E-state index contributed by atoms with van der Waals surface area (Å²) in [6.07, 6.45) is 7.88. The van der Waals surface area contributed by atoms with Gasteiger partial charge in [0.25, 0.3) is 0 Å². The van der Waals surface area contributed by atoms with Crippen molar-refractivity contribution in [1.82, 2.24) is 10.3 Å². The first-order chi connectivity index (χ1) is 9.75. The van der Waals surface area contributed by atoms with Gasteiger partial charge in [-0.2, -0.15) is 0 Å². The van der Waals surface area contributed by atoms with E-state index in [4.69, 9.17) is 0 Å². The van der Waals surface area contributed by atoms with E-state index in [2.05, 4.69) is 10.3 Å². The maximum Gasteiger partial charge on any atom is 0.220 e. The summed E-state index contributed by atoms with van der Waals surface area (Å²) in [7, 11) is 0. The van der Waals surface area contributed by atoms with Crippen molar-refractivity contribution in [3.8, 4) is 0 Å². The summed E-state index contributed by atoms with van der Waals surface area (Å²) in [4.78, 5) is 16.0. The number of hydrogen-bond acceptors (Lipinski definition) is 3. The van der Waals surface area contributed by atoms with Crippen molar-refractivity contribution in [3.63, 3.8) is 0 Å². The van der Waals surface area contributed by atoms with E-state index in [0.29, 0.717) is 13.0 Å². The first kappa shape index (κ1) is 15.0. The second kappa shape index (κ2) is 8.00. The van der Waals surface area contributed by atoms with Crippen LogP contribution in [0.2, 0.25) is 0 Å². The highest BCUT2D eigenvalue weighted by Crippen LogP contribution is 2.23. The Bertz CT molecular complexity index is 408. The number of nitrogens with one attached hydrogen (secondary N) is 1. The third-order valence-corrected chi connectivity index (χ3v) is 3.99. The molecule has 0 aromatic carbocycles. The van der Waals surface area contributed by atoms with Crippen LogP contribution in [0, 0.1) is 5.92 Å². The number of aliphatic hydroxyl groups is 1. The number of pyridine rings is 1. The molecule has 0 radical (unpaired) electrons. The molecule has 1 aliphatic carbocycles. The molecule has 0 unspecified atom stereocenters. The van der Waals surface area contributed by atoms with Crippen LogP contribution >= 0.6 is 0 Å². The molecule has 20 heavy (non-hydrogen) atoms. The molecule has 0 spiro atoms. The Morgan fingerprint density at radius 3 is 2.95 bits per heavy atom. The van der Waals surface area contributed by atoms with Gasteiger partial charge in [-0.1, -0.05) is 18.9 Å². The van der Waals surface area contributed by atoms with Gasteiger partial charge in [0.2, 0.25) is 5.91 Å². The van der Waals surface area contributed by atoms with Crippen LogP contribution in [0.25, 0.3) is 0 Å². The lowest BCUT2D eigenvalue weighted by atomic mass is 9.86. The molecule has 1 aromatic heterocycles. The lowest BCUT2D eigenvalue weighted by Gasteiger charge is -2.27. The average Bonchev–Trinajstić information content (AvgIpc) is 2.47. The van der Waals surface area contributed by atoms with Gasteiger partial charge in [-0.25, -0.2) is 0 Å². The smallest absolute Gasteiger partial charge is 0.220 e. The Hall–Kier alpha value is -1.42. The van der Waals surface area contributed by atoms with E-state index in [0.717, 1.165) is 44.2 Å². The normalized spacial score (nSPS) is 22.4. The van der Waals surface area contributed by atoms with E-state index in [9.17, 15) is 9.90 Å². The average molecular weight is 276 g/mol. The molecule has 1 aromatic rings. The molecule has 1 saturated carbocycles. The minimum absolute atomic E-state index is 0.0821. The number of amides is 1. The second-order valence-corrected chi connectivity index (χ2v) is 5.59. The van der Waals surface area contributed by atoms with Crippen LogP contribution in [0.4, 0.5) is 0 Å². The molecule has 0 saturated heterocycles. The third kappa shape index (κ3) is 4.93. The highest BCUT2D eigenvalue weighted by atomic mass is 16.3. The van der Waals surface area contributed by atoms with Gasteiger partial charge in [0.05, 0.1) is 6.10 Å². The molecule has 1 fully saturated rings. The first-order valence-electron chi connectivity index (χ1n) is 7.60. The van der Waals surface area contributed by atoms with E-state index in [1.165, 1.54) is 0 Å². The van der Waals surface area contributed by atoms with Crippen molar-refractivity contribution in [3.05, 3.63) is 30.1 Å². The van der Waals surface area contributed by atoms with Gasteiger partial charge in [0.1, 0.15) is 0 Å². The predicted octanol–water partition coefficient (Wildman–Crippen LogP) is 2.07. The van der Waals surface area contributed by atoms with Crippen molar-refractivity contribution in [2.75, 3.05) is 6.54 Å². The van der Waals surface area contributed by atoms with Gasteiger partial charge in [0, 0.05) is 30.8 Å². The summed E-state index contributed by atoms with van der Waals surface area (Å²) in [6, 6.07) is 5.84. The number of nitrogens with zero attached hydrogens (tertiary/aromatic N) is 1. The first-order valence-corrected chi connectivity index (χ1v) is 7.60. The summed E-state index contributed by atoms with van der Waals surface area (Å²) >= 11 is 0. The van der Waals surface area contributed by atoms with Crippen molar-refractivity contribution in [2.45, 2.75) is 51.0 Å².